The van der Waals surface area contributed by atoms with Crippen LogP contribution in [0.15, 0.2) is 77.3 Å². The molecule has 0 unspecified atom stereocenters. The molecule has 0 atom stereocenters. The molecule has 0 bridgehead atoms. The molecule has 10 heteroatoms. The Morgan fingerprint density at radius 2 is 1.82 bits per heavy atom. The maximum atomic E-state index is 12.4. The summed E-state index contributed by atoms with van der Waals surface area (Å²) < 4.78 is 13.0. The summed E-state index contributed by atoms with van der Waals surface area (Å²) in [5.41, 5.74) is 2.59. The number of phenols is 1. The Hall–Kier alpha value is -5.12. The van der Waals surface area contributed by atoms with Crippen LogP contribution in [0.3, 0.4) is 0 Å². The normalized spacial score (nSPS) is 11.0. The van der Waals surface area contributed by atoms with Gasteiger partial charge < -0.3 is 24.7 Å². The highest BCUT2D eigenvalue weighted by Crippen LogP contribution is 2.42. The number of aromatic carboxylic acids is 1. The maximum Gasteiger partial charge on any atom is 0.339 e. The van der Waals surface area contributed by atoms with Crippen molar-refractivity contribution in [1.82, 2.24) is 15.0 Å². The van der Waals surface area contributed by atoms with E-state index in [-0.39, 0.29) is 17.2 Å². The molecular weight excluding hydrogens is 500 g/mol. The highest BCUT2D eigenvalue weighted by Gasteiger charge is 2.23. The number of hydrogen-bond donors (Lipinski definition) is 3. The standard InChI is InChI=1S/C29H26N4O6/c1-38-24-12-6-5-11-21(24)30-26(35)13-7-8-14-33-17-22(31-32-33)27-20-15-19(29(36)37)23(34)16-25(20)39-28(27)18-9-3-2-4-10-18/h2-6,9-12,15-17,34H,7-8,13-14H2,1H3,(H,30,35)(H,36,37). The fourth-order valence-corrected chi connectivity index (χ4v) is 4.39. The van der Waals surface area contributed by atoms with E-state index in [0.29, 0.717) is 65.2 Å². The fourth-order valence-electron chi connectivity index (χ4n) is 4.39. The van der Waals surface area contributed by atoms with Crippen LogP contribution in [0.4, 0.5) is 5.69 Å². The Morgan fingerprint density at radius 3 is 2.59 bits per heavy atom. The molecule has 0 saturated heterocycles. The number of nitrogens with zero attached hydrogens (tertiary/aromatic N) is 3. The second-order valence-electron chi connectivity index (χ2n) is 8.92. The molecule has 0 aliphatic carbocycles. The number of carbonyl (C=O) groups is 2. The summed E-state index contributed by atoms with van der Waals surface area (Å²) >= 11 is 0. The van der Waals surface area contributed by atoms with Crippen molar-refractivity contribution in [1.29, 1.82) is 0 Å². The highest BCUT2D eigenvalue weighted by molar-refractivity contribution is 6.05. The zero-order valence-corrected chi connectivity index (χ0v) is 21.1. The van der Waals surface area contributed by atoms with E-state index in [0.717, 1.165) is 5.56 Å². The van der Waals surface area contributed by atoms with Gasteiger partial charge in [-0.05, 0) is 31.0 Å². The molecule has 2 heterocycles. The number of carboxylic acid groups (broad SMARTS) is 1. The van der Waals surface area contributed by atoms with Crippen LogP contribution in [0.2, 0.25) is 0 Å². The number of benzene rings is 3. The SMILES string of the molecule is COc1ccccc1NC(=O)CCCCn1cc(-c2c(-c3ccccc3)oc3cc(O)c(C(=O)O)cc23)nn1. The van der Waals surface area contributed by atoms with E-state index >= 15 is 0 Å². The molecule has 0 saturated carbocycles. The van der Waals surface area contributed by atoms with E-state index < -0.39 is 5.97 Å². The summed E-state index contributed by atoms with van der Waals surface area (Å²) in [6.45, 7) is 0.534. The van der Waals surface area contributed by atoms with Crippen molar-refractivity contribution in [2.75, 3.05) is 12.4 Å². The smallest absolute Gasteiger partial charge is 0.339 e. The lowest BCUT2D eigenvalue weighted by molar-refractivity contribution is -0.116. The first-order valence-electron chi connectivity index (χ1n) is 12.4. The minimum Gasteiger partial charge on any atom is -0.507 e. The van der Waals surface area contributed by atoms with Gasteiger partial charge >= 0.3 is 5.97 Å². The van der Waals surface area contributed by atoms with Crippen molar-refractivity contribution in [2.24, 2.45) is 0 Å². The Morgan fingerprint density at radius 1 is 1.05 bits per heavy atom. The molecule has 0 spiro atoms. The second-order valence-corrected chi connectivity index (χ2v) is 8.92. The Bertz CT molecular complexity index is 1640. The van der Waals surface area contributed by atoms with Gasteiger partial charge in [0, 0.05) is 30.0 Å². The van der Waals surface area contributed by atoms with Crippen LogP contribution in [0.25, 0.3) is 33.6 Å². The number of para-hydroxylation sites is 2. The number of ether oxygens (including phenoxy) is 1. The molecule has 10 nitrogen and oxygen atoms in total. The first-order chi connectivity index (χ1) is 18.9. The maximum absolute atomic E-state index is 12.4. The molecule has 5 rings (SSSR count). The lowest BCUT2D eigenvalue weighted by Gasteiger charge is -2.09. The third kappa shape index (κ3) is 5.45. The number of anilines is 1. The monoisotopic (exact) mass is 526 g/mol. The van der Waals surface area contributed by atoms with Crippen LogP contribution in [-0.2, 0) is 11.3 Å². The minimum absolute atomic E-state index is 0.103. The van der Waals surface area contributed by atoms with E-state index in [4.69, 9.17) is 9.15 Å². The summed E-state index contributed by atoms with van der Waals surface area (Å²) in [6.07, 6.45) is 3.43. The average molecular weight is 527 g/mol. The average Bonchev–Trinajstić information content (AvgIpc) is 3.55. The van der Waals surface area contributed by atoms with E-state index in [1.54, 1.807) is 30.1 Å². The van der Waals surface area contributed by atoms with Gasteiger partial charge in [-0.1, -0.05) is 47.7 Å². The molecule has 0 aliphatic rings. The van der Waals surface area contributed by atoms with E-state index in [9.17, 15) is 19.8 Å². The molecule has 0 fully saturated rings. The van der Waals surface area contributed by atoms with Gasteiger partial charge in [-0.15, -0.1) is 5.10 Å². The van der Waals surface area contributed by atoms with E-state index in [1.165, 1.54) is 12.1 Å². The molecule has 3 aromatic carbocycles. The molecule has 3 N–H and O–H groups in total. The van der Waals surface area contributed by atoms with Crippen LogP contribution in [-0.4, -0.2) is 44.2 Å². The van der Waals surface area contributed by atoms with Crippen molar-refractivity contribution in [3.63, 3.8) is 0 Å². The van der Waals surface area contributed by atoms with Crippen molar-refractivity contribution < 1.29 is 29.0 Å². The number of amides is 1. The zero-order valence-electron chi connectivity index (χ0n) is 21.1. The van der Waals surface area contributed by atoms with Crippen LogP contribution in [0.5, 0.6) is 11.5 Å². The van der Waals surface area contributed by atoms with Gasteiger partial charge in [0.25, 0.3) is 0 Å². The van der Waals surface area contributed by atoms with Crippen molar-refractivity contribution in [3.8, 4) is 34.1 Å². The topological polar surface area (TPSA) is 140 Å². The number of methoxy groups -OCH3 is 1. The quantitative estimate of drug-likeness (QED) is 0.200. The number of aryl methyl sites for hydroxylation is 1. The van der Waals surface area contributed by atoms with Gasteiger partial charge in [0.15, 0.2) is 0 Å². The molecule has 1 amide bonds. The Labute approximate surface area is 223 Å². The van der Waals surface area contributed by atoms with Gasteiger partial charge in [-0.2, -0.15) is 0 Å². The second kappa shape index (κ2) is 11.1. The summed E-state index contributed by atoms with van der Waals surface area (Å²) in [7, 11) is 1.56. The van der Waals surface area contributed by atoms with Crippen molar-refractivity contribution >= 4 is 28.5 Å². The largest absolute Gasteiger partial charge is 0.507 e. The fraction of sp³-hybridized carbons (Fsp3) is 0.172. The summed E-state index contributed by atoms with van der Waals surface area (Å²) in [5, 5.41) is 31.7. The summed E-state index contributed by atoms with van der Waals surface area (Å²) in [4.78, 5) is 24.0. The Balaban J connectivity index is 1.33. The van der Waals surface area contributed by atoms with E-state index in [1.807, 2.05) is 42.5 Å². The van der Waals surface area contributed by atoms with Gasteiger partial charge in [0.1, 0.15) is 34.1 Å². The zero-order chi connectivity index (χ0) is 27.4. The highest BCUT2D eigenvalue weighted by atomic mass is 16.5. The van der Waals surface area contributed by atoms with Crippen molar-refractivity contribution in [2.45, 2.75) is 25.8 Å². The lowest BCUT2D eigenvalue weighted by Crippen LogP contribution is -2.12. The molecule has 0 radical (unpaired) electrons. The van der Waals surface area contributed by atoms with Gasteiger partial charge in [-0.25, -0.2) is 4.79 Å². The first kappa shape index (κ1) is 25.5. The summed E-state index contributed by atoms with van der Waals surface area (Å²) in [5.74, 6) is -0.635. The van der Waals surface area contributed by atoms with Gasteiger partial charge in [0.2, 0.25) is 5.91 Å². The van der Waals surface area contributed by atoms with Crippen molar-refractivity contribution in [3.05, 3.63) is 78.5 Å². The molecular formula is C29H26N4O6. The lowest BCUT2D eigenvalue weighted by atomic mass is 10.0. The molecule has 5 aromatic rings. The third-order valence-electron chi connectivity index (χ3n) is 6.29. The number of nitrogens with one attached hydrogen (secondary N) is 1. The van der Waals surface area contributed by atoms with Crippen LogP contribution >= 0.6 is 0 Å². The van der Waals surface area contributed by atoms with Crippen LogP contribution in [0, 0.1) is 0 Å². The minimum atomic E-state index is -1.25. The van der Waals surface area contributed by atoms with Gasteiger partial charge in [-0.3, -0.25) is 9.48 Å². The number of hydrogen-bond acceptors (Lipinski definition) is 7. The number of unbranched alkanes of at least 4 members (excludes halogenated alkanes) is 1. The number of aromatic hydroxyl groups is 1. The number of rotatable bonds is 10. The number of carboxylic acids is 1. The molecule has 0 aliphatic heterocycles. The molecule has 198 valence electrons. The molecule has 2 aromatic heterocycles. The number of fused-ring (bicyclic) bond motifs is 1. The summed E-state index contributed by atoms with van der Waals surface area (Å²) in [6, 6.07) is 19.3. The predicted molar refractivity (Wildman–Crippen MR) is 145 cm³/mol. The number of furan rings is 1. The first-order valence-corrected chi connectivity index (χ1v) is 12.4. The molecule has 39 heavy (non-hydrogen) atoms. The number of aromatic nitrogens is 3. The predicted octanol–water partition coefficient (Wildman–Crippen LogP) is 5.58. The van der Waals surface area contributed by atoms with Gasteiger partial charge in [0.05, 0.1) is 24.6 Å². The Kier molecular flexibility index (Phi) is 7.26. The van der Waals surface area contributed by atoms with Crippen LogP contribution in [0.1, 0.15) is 29.6 Å². The van der Waals surface area contributed by atoms with E-state index in [2.05, 4.69) is 15.6 Å². The third-order valence-corrected chi connectivity index (χ3v) is 6.29. The van der Waals surface area contributed by atoms with Crippen LogP contribution < -0.4 is 10.1 Å². The number of carbonyl (C=O) groups excluding carboxylic acids is 1.